The van der Waals surface area contributed by atoms with Crippen LogP contribution in [0.5, 0.6) is 5.75 Å². The van der Waals surface area contributed by atoms with Crippen molar-refractivity contribution in [3.05, 3.63) is 65.7 Å². The first-order chi connectivity index (χ1) is 12.7. The van der Waals surface area contributed by atoms with E-state index >= 15 is 0 Å². The molecule has 2 rings (SSSR count). The second-order valence-corrected chi connectivity index (χ2v) is 7.16. The molecule has 1 amide bonds. The van der Waals surface area contributed by atoms with Gasteiger partial charge in [0.1, 0.15) is 24.0 Å². The number of phenols is 1. The minimum absolute atomic E-state index is 0.113. The summed E-state index contributed by atoms with van der Waals surface area (Å²) in [5, 5.41) is 12.0. The molecule has 144 valence electrons. The van der Waals surface area contributed by atoms with E-state index in [2.05, 4.69) is 5.32 Å². The Morgan fingerprint density at radius 2 is 1.63 bits per heavy atom. The van der Waals surface area contributed by atoms with E-state index in [0.29, 0.717) is 0 Å². The summed E-state index contributed by atoms with van der Waals surface area (Å²) in [5.41, 5.74) is 0.943. The second kappa shape index (κ2) is 9.07. The number of rotatable bonds is 6. The van der Waals surface area contributed by atoms with Gasteiger partial charge in [0.25, 0.3) is 0 Å². The van der Waals surface area contributed by atoms with E-state index in [1.165, 1.54) is 12.1 Å². The molecule has 0 heterocycles. The Bertz CT molecular complexity index is 750. The van der Waals surface area contributed by atoms with Crippen LogP contribution in [0.4, 0.5) is 4.79 Å². The molecule has 2 aromatic rings. The molecular formula is C21H25NO5. The summed E-state index contributed by atoms with van der Waals surface area (Å²) >= 11 is 0. The molecule has 0 aromatic heterocycles. The molecule has 0 spiro atoms. The van der Waals surface area contributed by atoms with Crippen LogP contribution in [0.25, 0.3) is 0 Å². The van der Waals surface area contributed by atoms with Gasteiger partial charge < -0.3 is 19.9 Å². The van der Waals surface area contributed by atoms with Gasteiger partial charge in [0.15, 0.2) is 0 Å². The minimum atomic E-state index is -0.909. The number of carbonyl (C=O) groups is 2. The van der Waals surface area contributed by atoms with Crippen LogP contribution in [0.2, 0.25) is 0 Å². The summed E-state index contributed by atoms with van der Waals surface area (Å²) in [6, 6.07) is 14.8. The molecule has 0 fully saturated rings. The lowest BCUT2D eigenvalue weighted by Gasteiger charge is -2.23. The van der Waals surface area contributed by atoms with Crippen LogP contribution in [0.1, 0.15) is 31.9 Å². The molecule has 2 aromatic carbocycles. The SMILES string of the molecule is CC(C)(C)OC(=O)NC(Cc1ccc(O)cc1)C(=O)OCc1ccccc1. The highest BCUT2D eigenvalue weighted by molar-refractivity contribution is 5.81. The quantitative estimate of drug-likeness (QED) is 0.758. The van der Waals surface area contributed by atoms with Crippen molar-refractivity contribution < 1.29 is 24.2 Å². The van der Waals surface area contributed by atoms with Crippen molar-refractivity contribution in [3.63, 3.8) is 0 Å². The van der Waals surface area contributed by atoms with Crippen molar-refractivity contribution in [3.8, 4) is 5.75 Å². The number of phenolic OH excluding ortho intramolecular Hbond substituents is 1. The second-order valence-electron chi connectivity index (χ2n) is 7.16. The maximum Gasteiger partial charge on any atom is 0.408 e. The van der Waals surface area contributed by atoms with Gasteiger partial charge in [0, 0.05) is 6.42 Å². The van der Waals surface area contributed by atoms with Crippen molar-refractivity contribution in [2.75, 3.05) is 0 Å². The van der Waals surface area contributed by atoms with E-state index in [-0.39, 0.29) is 18.8 Å². The van der Waals surface area contributed by atoms with E-state index in [1.54, 1.807) is 32.9 Å². The van der Waals surface area contributed by atoms with Crippen molar-refractivity contribution in [2.45, 2.75) is 45.4 Å². The Kier molecular flexibility index (Phi) is 6.82. The first kappa shape index (κ1) is 20.3. The van der Waals surface area contributed by atoms with E-state index in [0.717, 1.165) is 11.1 Å². The largest absolute Gasteiger partial charge is 0.508 e. The first-order valence-electron chi connectivity index (χ1n) is 8.71. The van der Waals surface area contributed by atoms with Crippen LogP contribution in [-0.2, 0) is 27.3 Å². The zero-order valence-electron chi connectivity index (χ0n) is 15.8. The molecule has 6 nitrogen and oxygen atoms in total. The summed E-state index contributed by atoms with van der Waals surface area (Å²) in [4.78, 5) is 24.7. The fourth-order valence-electron chi connectivity index (χ4n) is 2.34. The van der Waals surface area contributed by atoms with Crippen LogP contribution in [0.15, 0.2) is 54.6 Å². The van der Waals surface area contributed by atoms with Gasteiger partial charge in [-0.05, 0) is 44.0 Å². The van der Waals surface area contributed by atoms with Crippen LogP contribution in [-0.4, -0.2) is 28.8 Å². The number of aromatic hydroxyl groups is 1. The first-order valence-corrected chi connectivity index (χ1v) is 8.71. The maximum atomic E-state index is 12.5. The van der Waals surface area contributed by atoms with E-state index in [9.17, 15) is 14.7 Å². The van der Waals surface area contributed by atoms with Gasteiger partial charge in [-0.15, -0.1) is 0 Å². The summed E-state index contributed by atoms with van der Waals surface area (Å²) in [6.07, 6.45) is -0.476. The number of alkyl carbamates (subject to hydrolysis) is 1. The molecule has 0 saturated heterocycles. The standard InChI is InChI=1S/C21H25NO5/c1-21(2,3)27-20(25)22-18(13-15-9-11-17(23)12-10-15)19(24)26-14-16-7-5-4-6-8-16/h4-12,18,23H,13-14H2,1-3H3,(H,22,25). The Morgan fingerprint density at radius 3 is 2.22 bits per heavy atom. The smallest absolute Gasteiger partial charge is 0.408 e. The summed E-state index contributed by atoms with van der Waals surface area (Å²) in [7, 11) is 0. The van der Waals surface area contributed by atoms with Crippen molar-refractivity contribution >= 4 is 12.1 Å². The lowest BCUT2D eigenvalue weighted by Crippen LogP contribution is -2.45. The zero-order valence-corrected chi connectivity index (χ0v) is 15.8. The lowest BCUT2D eigenvalue weighted by molar-refractivity contribution is -0.147. The molecule has 0 bridgehead atoms. The van der Waals surface area contributed by atoms with Gasteiger partial charge in [-0.2, -0.15) is 0 Å². The topological polar surface area (TPSA) is 84.9 Å². The van der Waals surface area contributed by atoms with E-state index in [1.807, 2.05) is 30.3 Å². The van der Waals surface area contributed by atoms with Gasteiger partial charge in [-0.1, -0.05) is 42.5 Å². The minimum Gasteiger partial charge on any atom is -0.508 e. The Hall–Kier alpha value is -3.02. The van der Waals surface area contributed by atoms with Crippen LogP contribution in [0.3, 0.4) is 0 Å². The molecule has 0 aliphatic rings. The number of carbonyl (C=O) groups excluding carboxylic acids is 2. The highest BCUT2D eigenvalue weighted by atomic mass is 16.6. The van der Waals surface area contributed by atoms with E-state index in [4.69, 9.17) is 9.47 Å². The molecule has 27 heavy (non-hydrogen) atoms. The summed E-state index contributed by atoms with van der Waals surface area (Å²) in [6.45, 7) is 5.35. The molecule has 1 atom stereocenters. The monoisotopic (exact) mass is 371 g/mol. The normalized spacial score (nSPS) is 12.1. The number of benzene rings is 2. The molecule has 6 heteroatoms. The molecular weight excluding hydrogens is 346 g/mol. The highest BCUT2D eigenvalue weighted by Gasteiger charge is 2.26. The van der Waals surface area contributed by atoms with Crippen molar-refractivity contribution in [1.82, 2.24) is 5.32 Å². The summed E-state index contributed by atoms with van der Waals surface area (Å²) in [5.74, 6) is -0.431. The highest BCUT2D eigenvalue weighted by Crippen LogP contribution is 2.13. The molecule has 0 saturated carbocycles. The van der Waals surface area contributed by atoms with Gasteiger partial charge in [-0.3, -0.25) is 0 Å². The van der Waals surface area contributed by atoms with Crippen LogP contribution >= 0.6 is 0 Å². The average molecular weight is 371 g/mol. The Labute approximate surface area is 159 Å². The Morgan fingerprint density at radius 1 is 1.00 bits per heavy atom. The third kappa shape index (κ3) is 7.40. The third-order valence-corrected chi connectivity index (χ3v) is 3.58. The van der Waals surface area contributed by atoms with Gasteiger partial charge in [0.05, 0.1) is 0 Å². The Balaban J connectivity index is 2.06. The number of esters is 1. The van der Waals surface area contributed by atoms with Crippen LogP contribution < -0.4 is 5.32 Å². The third-order valence-electron chi connectivity index (χ3n) is 3.58. The van der Waals surface area contributed by atoms with Gasteiger partial charge in [0.2, 0.25) is 0 Å². The fraction of sp³-hybridized carbons (Fsp3) is 0.333. The number of hydrogen-bond acceptors (Lipinski definition) is 5. The average Bonchev–Trinajstić information content (AvgIpc) is 2.60. The lowest BCUT2D eigenvalue weighted by atomic mass is 10.1. The molecule has 0 aliphatic heterocycles. The number of ether oxygens (including phenoxy) is 2. The number of amides is 1. The predicted molar refractivity (Wildman–Crippen MR) is 101 cm³/mol. The molecule has 1 unspecified atom stereocenters. The van der Waals surface area contributed by atoms with Crippen molar-refractivity contribution in [1.29, 1.82) is 0 Å². The van der Waals surface area contributed by atoms with Crippen molar-refractivity contribution in [2.24, 2.45) is 0 Å². The van der Waals surface area contributed by atoms with E-state index < -0.39 is 23.7 Å². The van der Waals surface area contributed by atoms with Gasteiger partial charge in [-0.25, -0.2) is 9.59 Å². The molecule has 0 aliphatic carbocycles. The van der Waals surface area contributed by atoms with Gasteiger partial charge >= 0.3 is 12.1 Å². The number of hydrogen-bond donors (Lipinski definition) is 2. The maximum absolute atomic E-state index is 12.5. The predicted octanol–water partition coefficient (Wildman–Crippen LogP) is 3.57. The summed E-state index contributed by atoms with van der Waals surface area (Å²) < 4.78 is 10.6. The molecule has 2 N–H and O–H groups in total. The fourth-order valence-corrected chi connectivity index (χ4v) is 2.34. The number of nitrogens with one attached hydrogen (secondary N) is 1. The molecule has 0 radical (unpaired) electrons. The zero-order chi connectivity index (χ0) is 19.9. The van der Waals surface area contributed by atoms with Crippen LogP contribution in [0, 0.1) is 0 Å².